The van der Waals surface area contributed by atoms with Gasteiger partial charge >= 0.3 is 0 Å². The van der Waals surface area contributed by atoms with E-state index in [0.29, 0.717) is 6.04 Å². The standard InChI is InChI=1S/C8H13N3/c1-6-10-5-8-4-7(9)2-3-11(6)8/h5,7H,2-4,9H2,1H3. The average molecular weight is 151 g/mol. The molecular formula is C8H13N3. The fourth-order valence-corrected chi connectivity index (χ4v) is 1.65. The van der Waals surface area contributed by atoms with Crippen LogP contribution in [0.5, 0.6) is 0 Å². The average Bonchev–Trinajstić information content (AvgIpc) is 2.32. The summed E-state index contributed by atoms with van der Waals surface area (Å²) in [5.41, 5.74) is 7.11. The van der Waals surface area contributed by atoms with Crippen molar-refractivity contribution in [1.82, 2.24) is 9.55 Å². The first-order valence-corrected chi connectivity index (χ1v) is 4.04. The van der Waals surface area contributed by atoms with Crippen LogP contribution < -0.4 is 5.73 Å². The Morgan fingerprint density at radius 3 is 3.36 bits per heavy atom. The maximum atomic E-state index is 5.82. The van der Waals surface area contributed by atoms with E-state index in [9.17, 15) is 0 Å². The van der Waals surface area contributed by atoms with Crippen LogP contribution in [0.25, 0.3) is 0 Å². The van der Waals surface area contributed by atoms with Gasteiger partial charge in [0.1, 0.15) is 5.82 Å². The molecule has 3 heteroatoms. The summed E-state index contributed by atoms with van der Waals surface area (Å²) in [5.74, 6) is 1.12. The molecule has 11 heavy (non-hydrogen) atoms. The Morgan fingerprint density at radius 1 is 1.73 bits per heavy atom. The fourth-order valence-electron chi connectivity index (χ4n) is 1.65. The quantitative estimate of drug-likeness (QED) is 0.585. The van der Waals surface area contributed by atoms with Gasteiger partial charge < -0.3 is 10.3 Å². The van der Waals surface area contributed by atoms with Crippen molar-refractivity contribution in [2.24, 2.45) is 5.73 Å². The molecule has 0 radical (unpaired) electrons. The topological polar surface area (TPSA) is 43.8 Å². The van der Waals surface area contributed by atoms with Crippen LogP contribution in [0.1, 0.15) is 17.9 Å². The molecule has 2 heterocycles. The third kappa shape index (κ3) is 1.05. The van der Waals surface area contributed by atoms with E-state index in [1.54, 1.807) is 0 Å². The highest BCUT2D eigenvalue weighted by molar-refractivity contribution is 5.08. The molecule has 1 aromatic heterocycles. The lowest BCUT2D eigenvalue weighted by Gasteiger charge is -2.20. The van der Waals surface area contributed by atoms with Crippen LogP contribution in [0.15, 0.2) is 6.20 Å². The Balaban J connectivity index is 2.36. The molecule has 0 fully saturated rings. The Kier molecular flexibility index (Phi) is 1.46. The lowest BCUT2D eigenvalue weighted by molar-refractivity contribution is 0.465. The molecule has 3 nitrogen and oxygen atoms in total. The molecule has 0 aromatic carbocycles. The van der Waals surface area contributed by atoms with Crippen LogP contribution in [0.4, 0.5) is 0 Å². The Bertz CT molecular complexity index is 264. The predicted octanol–water partition coefficient (Wildman–Crippen LogP) is 0.465. The number of rotatable bonds is 0. The molecule has 2 rings (SSSR count). The van der Waals surface area contributed by atoms with Crippen LogP contribution in [-0.2, 0) is 13.0 Å². The second-order valence-corrected chi connectivity index (χ2v) is 3.20. The third-order valence-corrected chi connectivity index (χ3v) is 2.33. The second-order valence-electron chi connectivity index (χ2n) is 3.20. The van der Waals surface area contributed by atoms with Gasteiger partial charge in [-0.05, 0) is 13.3 Å². The van der Waals surface area contributed by atoms with E-state index in [-0.39, 0.29) is 0 Å². The van der Waals surface area contributed by atoms with E-state index < -0.39 is 0 Å². The highest BCUT2D eigenvalue weighted by atomic mass is 15.1. The summed E-state index contributed by atoms with van der Waals surface area (Å²) in [5, 5.41) is 0. The minimum absolute atomic E-state index is 0.346. The SMILES string of the molecule is Cc1ncc2n1CCC(N)C2. The van der Waals surface area contributed by atoms with Gasteiger partial charge in [0.05, 0.1) is 0 Å². The maximum Gasteiger partial charge on any atom is 0.105 e. The predicted molar refractivity (Wildman–Crippen MR) is 43.3 cm³/mol. The molecule has 1 aliphatic heterocycles. The molecule has 60 valence electrons. The van der Waals surface area contributed by atoms with Gasteiger partial charge in [0.2, 0.25) is 0 Å². The molecule has 1 aromatic rings. The van der Waals surface area contributed by atoms with Crippen molar-refractivity contribution >= 4 is 0 Å². The molecule has 0 saturated heterocycles. The van der Waals surface area contributed by atoms with Crippen molar-refractivity contribution in [2.45, 2.75) is 32.4 Å². The van der Waals surface area contributed by atoms with Gasteiger partial charge in [-0.15, -0.1) is 0 Å². The number of hydrogen-bond acceptors (Lipinski definition) is 2. The van der Waals surface area contributed by atoms with Gasteiger partial charge in [-0.1, -0.05) is 0 Å². The number of nitrogens with zero attached hydrogens (tertiary/aromatic N) is 2. The van der Waals surface area contributed by atoms with E-state index in [2.05, 4.69) is 9.55 Å². The molecule has 0 spiro atoms. The second kappa shape index (κ2) is 2.34. The van der Waals surface area contributed by atoms with Gasteiger partial charge in [-0.25, -0.2) is 4.98 Å². The molecule has 0 aliphatic carbocycles. The first-order valence-electron chi connectivity index (χ1n) is 4.04. The number of nitrogens with two attached hydrogens (primary N) is 1. The lowest BCUT2D eigenvalue weighted by atomic mass is 10.1. The van der Waals surface area contributed by atoms with E-state index in [0.717, 1.165) is 25.2 Å². The van der Waals surface area contributed by atoms with Crippen LogP contribution in [-0.4, -0.2) is 15.6 Å². The number of imidazole rings is 1. The number of aromatic nitrogens is 2. The Labute approximate surface area is 66.2 Å². The number of hydrogen-bond donors (Lipinski definition) is 1. The highest BCUT2D eigenvalue weighted by Crippen LogP contribution is 2.14. The zero-order valence-electron chi connectivity index (χ0n) is 6.75. The molecule has 0 bridgehead atoms. The van der Waals surface area contributed by atoms with Gasteiger partial charge in [-0.3, -0.25) is 0 Å². The third-order valence-electron chi connectivity index (χ3n) is 2.33. The minimum Gasteiger partial charge on any atom is -0.332 e. The molecule has 1 atom stereocenters. The lowest BCUT2D eigenvalue weighted by Crippen LogP contribution is -2.30. The summed E-state index contributed by atoms with van der Waals surface area (Å²) in [6.07, 6.45) is 4.01. The van der Waals surface area contributed by atoms with E-state index in [1.165, 1.54) is 5.69 Å². The van der Waals surface area contributed by atoms with Gasteiger partial charge in [0, 0.05) is 30.9 Å². The molecular weight excluding hydrogens is 138 g/mol. The molecule has 1 unspecified atom stereocenters. The zero-order valence-corrected chi connectivity index (χ0v) is 6.75. The van der Waals surface area contributed by atoms with Crippen LogP contribution in [0, 0.1) is 6.92 Å². The highest BCUT2D eigenvalue weighted by Gasteiger charge is 2.16. The largest absolute Gasteiger partial charge is 0.332 e. The van der Waals surface area contributed by atoms with Crippen molar-refractivity contribution in [2.75, 3.05) is 0 Å². The molecule has 1 aliphatic rings. The minimum atomic E-state index is 0.346. The maximum absolute atomic E-state index is 5.82. The monoisotopic (exact) mass is 151 g/mol. The van der Waals surface area contributed by atoms with Gasteiger partial charge in [-0.2, -0.15) is 0 Å². The summed E-state index contributed by atoms with van der Waals surface area (Å²) < 4.78 is 2.25. The van der Waals surface area contributed by atoms with Crippen LogP contribution >= 0.6 is 0 Å². The first kappa shape index (κ1) is 6.85. The van der Waals surface area contributed by atoms with Gasteiger partial charge in [0.15, 0.2) is 0 Å². The van der Waals surface area contributed by atoms with E-state index in [4.69, 9.17) is 5.73 Å². The van der Waals surface area contributed by atoms with Crippen molar-refractivity contribution < 1.29 is 0 Å². The van der Waals surface area contributed by atoms with Crippen LogP contribution in [0.2, 0.25) is 0 Å². The van der Waals surface area contributed by atoms with Crippen LogP contribution in [0.3, 0.4) is 0 Å². The summed E-state index contributed by atoms with van der Waals surface area (Å²) in [6, 6.07) is 0.346. The number of aryl methyl sites for hydroxylation is 1. The molecule has 0 saturated carbocycles. The van der Waals surface area contributed by atoms with Crippen molar-refractivity contribution in [3.63, 3.8) is 0 Å². The summed E-state index contributed by atoms with van der Waals surface area (Å²) in [7, 11) is 0. The van der Waals surface area contributed by atoms with E-state index in [1.807, 2.05) is 13.1 Å². The first-order chi connectivity index (χ1) is 5.27. The smallest absolute Gasteiger partial charge is 0.105 e. The molecule has 0 amide bonds. The number of fused-ring (bicyclic) bond motifs is 1. The van der Waals surface area contributed by atoms with Crippen molar-refractivity contribution in [3.05, 3.63) is 17.7 Å². The summed E-state index contributed by atoms with van der Waals surface area (Å²) in [6.45, 7) is 3.09. The van der Waals surface area contributed by atoms with Crippen molar-refractivity contribution in [3.8, 4) is 0 Å². The molecule has 2 N–H and O–H groups in total. The fraction of sp³-hybridized carbons (Fsp3) is 0.625. The van der Waals surface area contributed by atoms with Gasteiger partial charge in [0.25, 0.3) is 0 Å². The zero-order chi connectivity index (χ0) is 7.84. The normalized spacial score (nSPS) is 23.3. The summed E-state index contributed by atoms with van der Waals surface area (Å²) in [4.78, 5) is 4.24. The summed E-state index contributed by atoms with van der Waals surface area (Å²) >= 11 is 0. The Hall–Kier alpha value is -0.830. The van der Waals surface area contributed by atoms with Crippen molar-refractivity contribution in [1.29, 1.82) is 0 Å². The Morgan fingerprint density at radius 2 is 2.55 bits per heavy atom. The van der Waals surface area contributed by atoms with E-state index >= 15 is 0 Å².